The van der Waals surface area contributed by atoms with E-state index < -0.39 is 4.92 Å². The Bertz CT molecular complexity index is 762. The molecule has 128 valence electrons. The van der Waals surface area contributed by atoms with Gasteiger partial charge in [0.25, 0.3) is 0 Å². The van der Waals surface area contributed by atoms with E-state index in [2.05, 4.69) is 10.4 Å². The number of amides is 1. The molecule has 1 aromatic carbocycles. The molecule has 0 radical (unpaired) electrons. The van der Waals surface area contributed by atoms with Crippen LogP contribution in [0, 0.1) is 24.0 Å². The number of methoxy groups -OCH3 is 2. The summed E-state index contributed by atoms with van der Waals surface area (Å²) in [4.78, 5) is 22.7. The topological polar surface area (TPSA) is 109 Å². The third-order valence-electron chi connectivity index (χ3n) is 3.45. The van der Waals surface area contributed by atoms with Gasteiger partial charge in [-0.1, -0.05) is 0 Å². The molecule has 9 heteroatoms. The van der Waals surface area contributed by atoms with E-state index in [1.54, 1.807) is 25.1 Å². The Balaban J connectivity index is 2.17. The lowest BCUT2D eigenvalue weighted by Gasteiger charge is -2.10. The van der Waals surface area contributed by atoms with Gasteiger partial charge in [0.15, 0.2) is 0 Å². The highest BCUT2D eigenvalue weighted by Gasteiger charge is 2.22. The van der Waals surface area contributed by atoms with Gasteiger partial charge < -0.3 is 14.8 Å². The number of carbonyl (C=O) groups excluding carboxylic acids is 1. The molecule has 2 rings (SSSR count). The number of aryl methyl sites for hydroxylation is 1. The number of ether oxygens (including phenoxy) is 2. The van der Waals surface area contributed by atoms with E-state index in [1.165, 1.54) is 25.8 Å². The SMILES string of the molecule is COc1cc(NC(=O)Cn2nc(C)c([N+](=O)[O-])c2C)cc(OC)c1. The van der Waals surface area contributed by atoms with Gasteiger partial charge in [-0.2, -0.15) is 5.10 Å². The second kappa shape index (κ2) is 6.99. The first-order valence-electron chi connectivity index (χ1n) is 7.07. The van der Waals surface area contributed by atoms with Crippen LogP contribution in [0.2, 0.25) is 0 Å². The first kappa shape index (κ1) is 17.3. The van der Waals surface area contributed by atoms with Crippen LogP contribution in [0.25, 0.3) is 0 Å². The lowest BCUT2D eigenvalue weighted by molar-refractivity contribution is -0.386. The van der Waals surface area contributed by atoms with Gasteiger partial charge >= 0.3 is 5.69 Å². The predicted molar refractivity (Wildman–Crippen MR) is 86.5 cm³/mol. The summed E-state index contributed by atoms with van der Waals surface area (Å²) in [5, 5.41) is 17.7. The zero-order valence-electron chi connectivity index (χ0n) is 13.8. The molecular weight excluding hydrogens is 316 g/mol. The molecule has 0 aliphatic rings. The molecule has 0 unspecified atom stereocenters. The van der Waals surface area contributed by atoms with E-state index in [9.17, 15) is 14.9 Å². The quantitative estimate of drug-likeness (QED) is 0.640. The van der Waals surface area contributed by atoms with Crippen LogP contribution in [0.4, 0.5) is 11.4 Å². The fourth-order valence-corrected chi connectivity index (χ4v) is 2.32. The number of carbonyl (C=O) groups is 1. The minimum absolute atomic E-state index is 0.0779. The van der Waals surface area contributed by atoms with Gasteiger partial charge in [-0.25, -0.2) is 0 Å². The van der Waals surface area contributed by atoms with Crippen molar-refractivity contribution >= 4 is 17.3 Å². The van der Waals surface area contributed by atoms with Gasteiger partial charge in [-0.15, -0.1) is 0 Å². The highest BCUT2D eigenvalue weighted by atomic mass is 16.6. The fourth-order valence-electron chi connectivity index (χ4n) is 2.32. The van der Waals surface area contributed by atoms with Crippen molar-refractivity contribution in [2.45, 2.75) is 20.4 Å². The average Bonchev–Trinajstić information content (AvgIpc) is 2.80. The highest BCUT2D eigenvalue weighted by molar-refractivity contribution is 5.91. The van der Waals surface area contributed by atoms with Crippen molar-refractivity contribution in [1.82, 2.24) is 9.78 Å². The molecule has 0 spiro atoms. The maximum absolute atomic E-state index is 12.2. The summed E-state index contributed by atoms with van der Waals surface area (Å²) in [6.07, 6.45) is 0. The van der Waals surface area contributed by atoms with Gasteiger partial charge in [0.1, 0.15) is 29.4 Å². The first-order valence-corrected chi connectivity index (χ1v) is 7.07. The molecular formula is C15H18N4O5. The number of rotatable bonds is 6. The summed E-state index contributed by atoms with van der Waals surface area (Å²) in [6.45, 7) is 2.95. The minimum atomic E-state index is -0.501. The summed E-state index contributed by atoms with van der Waals surface area (Å²) in [5.74, 6) is 0.698. The lowest BCUT2D eigenvalue weighted by atomic mass is 10.2. The van der Waals surface area contributed by atoms with Crippen molar-refractivity contribution in [3.63, 3.8) is 0 Å². The monoisotopic (exact) mass is 334 g/mol. The molecule has 9 nitrogen and oxygen atoms in total. The van der Waals surface area contributed by atoms with Crippen LogP contribution in [0.5, 0.6) is 11.5 Å². The van der Waals surface area contributed by atoms with Crippen molar-refractivity contribution in [2.24, 2.45) is 0 Å². The first-order chi connectivity index (χ1) is 11.3. The van der Waals surface area contributed by atoms with E-state index in [1.807, 2.05) is 0 Å². The van der Waals surface area contributed by atoms with Gasteiger partial charge in [0.05, 0.1) is 19.1 Å². The van der Waals surface area contributed by atoms with E-state index in [4.69, 9.17) is 9.47 Å². The Morgan fingerprint density at radius 3 is 2.29 bits per heavy atom. The van der Waals surface area contributed by atoms with Gasteiger partial charge in [-0.05, 0) is 13.8 Å². The van der Waals surface area contributed by atoms with Crippen molar-refractivity contribution in [2.75, 3.05) is 19.5 Å². The minimum Gasteiger partial charge on any atom is -0.497 e. The van der Waals surface area contributed by atoms with Crippen molar-refractivity contribution in [3.8, 4) is 11.5 Å². The van der Waals surface area contributed by atoms with Crippen LogP contribution < -0.4 is 14.8 Å². The molecule has 2 aromatic rings. The number of hydrogen-bond acceptors (Lipinski definition) is 6. The Labute approximate surface area is 138 Å². The van der Waals surface area contributed by atoms with Crippen LogP contribution in [0.3, 0.4) is 0 Å². The van der Waals surface area contributed by atoms with Crippen LogP contribution in [-0.4, -0.2) is 34.8 Å². The summed E-state index contributed by atoms with van der Waals surface area (Å²) >= 11 is 0. The normalized spacial score (nSPS) is 10.3. The molecule has 0 bridgehead atoms. The number of nitrogens with one attached hydrogen (secondary N) is 1. The Kier molecular flexibility index (Phi) is 5.02. The molecule has 1 amide bonds. The standard InChI is InChI=1S/C15H18N4O5/c1-9-15(19(21)22)10(2)18(17-9)8-14(20)16-11-5-12(23-3)7-13(6-11)24-4/h5-7H,8H2,1-4H3,(H,16,20). The van der Waals surface area contributed by atoms with Crippen molar-refractivity contribution in [3.05, 3.63) is 39.7 Å². The maximum atomic E-state index is 12.2. The Hall–Kier alpha value is -3.10. The molecule has 0 saturated heterocycles. The zero-order chi connectivity index (χ0) is 17.9. The van der Waals surface area contributed by atoms with Gasteiger partial charge in [0.2, 0.25) is 5.91 Å². The molecule has 1 N–H and O–H groups in total. The van der Waals surface area contributed by atoms with Crippen LogP contribution >= 0.6 is 0 Å². The van der Waals surface area contributed by atoms with Gasteiger partial charge in [-0.3, -0.25) is 19.6 Å². The third kappa shape index (κ3) is 3.62. The van der Waals surface area contributed by atoms with Crippen LogP contribution in [0.1, 0.15) is 11.4 Å². The molecule has 0 aliphatic heterocycles. The number of nitro groups is 1. The smallest absolute Gasteiger partial charge is 0.312 e. The zero-order valence-corrected chi connectivity index (χ0v) is 13.8. The summed E-state index contributed by atoms with van der Waals surface area (Å²) in [6, 6.07) is 4.97. The molecule has 0 fully saturated rings. The predicted octanol–water partition coefficient (Wildman–Crippen LogP) is 2.06. The number of benzene rings is 1. The average molecular weight is 334 g/mol. The number of nitrogens with zero attached hydrogens (tertiary/aromatic N) is 3. The van der Waals surface area contributed by atoms with E-state index in [-0.39, 0.29) is 23.8 Å². The number of aromatic nitrogens is 2. The van der Waals surface area contributed by atoms with E-state index in [0.717, 1.165) is 0 Å². The summed E-state index contributed by atoms with van der Waals surface area (Å²) < 4.78 is 11.6. The Morgan fingerprint density at radius 2 is 1.83 bits per heavy atom. The maximum Gasteiger partial charge on any atom is 0.312 e. The van der Waals surface area contributed by atoms with Crippen LogP contribution in [0.15, 0.2) is 18.2 Å². The summed E-state index contributed by atoms with van der Waals surface area (Å²) in [7, 11) is 3.02. The number of anilines is 1. The largest absolute Gasteiger partial charge is 0.497 e. The van der Waals surface area contributed by atoms with E-state index in [0.29, 0.717) is 22.9 Å². The Morgan fingerprint density at radius 1 is 1.25 bits per heavy atom. The molecule has 1 aromatic heterocycles. The second-order valence-electron chi connectivity index (χ2n) is 5.08. The van der Waals surface area contributed by atoms with Crippen LogP contribution in [-0.2, 0) is 11.3 Å². The van der Waals surface area contributed by atoms with Gasteiger partial charge in [0, 0.05) is 23.9 Å². The lowest BCUT2D eigenvalue weighted by Crippen LogP contribution is -2.20. The molecule has 0 aliphatic carbocycles. The highest BCUT2D eigenvalue weighted by Crippen LogP contribution is 2.26. The third-order valence-corrected chi connectivity index (χ3v) is 3.45. The molecule has 0 saturated carbocycles. The second-order valence-corrected chi connectivity index (χ2v) is 5.08. The fraction of sp³-hybridized carbons (Fsp3) is 0.333. The number of hydrogen-bond donors (Lipinski definition) is 1. The molecule has 0 atom stereocenters. The molecule has 1 heterocycles. The van der Waals surface area contributed by atoms with Crippen molar-refractivity contribution in [1.29, 1.82) is 0 Å². The van der Waals surface area contributed by atoms with E-state index >= 15 is 0 Å². The van der Waals surface area contributed by atoms with Crippen molar-refractivity contribution < 1.29 is 19.2 Å². The summed E-state index contributed by atoms with van der Waals surface area (Å²) in [5.41, 5.74) is 1.02. The molecule has 24 heavy (non-hydrogen) atoms.